The second kappa shape index (κ2) is 8.57. The third kappa shape index (κ3) is 3.23. The fraction of sp³-hybridized carbons (Fsp3) is 0. The van der Waals surface area contributed by atoms with Gasteiger partial charge in [0.1, 0.15) is 5.58 Å². The highest BCUT2D eigenvalue weighted by atomic mass is 32.1. The van der Waals surface area contributed by atoms with Crippen molar-refractivity contribution in [2.45, 2.75) is 0 Å². The Morgan fingerprint density at radius 1 is 0.419 bits per heavy atom. The van der Waals surface area contributed by atoms with Crippen LogP contribution in [-0.4, -0.2) is 0 Å². The molecule has 0 aliphatic heterocycles. The quantitative estimate of drug-likeness (QED) is 0.195. The molecule has 10 rings (SSSR count). The van der Waals surface area contributed by atoms with Gasteiger partial charge >= 0.3 is 0 Å². The Kier molecular flexibility index (Phi) is 4.63. The van der Waals surface area contributed by atoms with Crippen LogP contribution in [-0.2, 0) is 0 Å². The van der Waals surface area contributed by atoms with Crippen molar-refractivity contribution in [3.8, 4) is 22.3 Å². The minimum Gasteiger partial charge on any atom is -0.460 e. The van der Waals surface area contributed by atoms with E-state index in [1.807, 2.05) is 17.4 Å². The Bertz CT molecular complexity index is 2680. The molecule has 0 saturated heterocycles. The van der Waals surface area contributed by atoms with E-state index in [0.717, 1.165) is 38.5 Å². The Hall–Kier alpha value is -5.38. The van der Waals surface area contributed by atoms with Crippen LogP contribution < -0.4 is 0 Å². The molecule has 0 radical (unpaired) electrons. The van der Waals surface area contributed by atoms with Crippen LogP contribution in [0.3, 0.4) is 0 Å². The predicted molar refractivity (Wildman–Crippen MR) is 182 cm³/mol. The molecule has 0 aliphatic carbocycles. The average Bonchev–Trinajstić information content (AvgIpc) is 3.78. The molecule has 3 heterocycles. The summed E-state index contributed by atoms with van der Waals surface area (Å²) in [6.45, 7) is 0. The summed E-state index contributed by atoms with van der Waals surface area (Å²) in [4.78, 5) is 0. The van der Waals surface area contributed by atoms with Crippen molar-refractivity contribution in [1.82, 2.24) is 0 Å². The summed E-state index contributed by atoms with van der Waals surface area (Å²) >= 11 is 1.86. The number of rotatable bonds is 2. The van der Waals surface area contributed by atoms with Crippen LogP contribution in [0.1, 0.15) is 0 Å². The van der Waals surface area contributed by atoms with Crippen LogP contribution in [0.4, 0.5) is 0 Å². The molecule has 0 fully saturated rings. The third-order valence-corrected chi connectivity index (χ3v) is 10.1. The topological polar surface area (TPSA) is 26.3 Å². The zero-order valence-electron chi connectivity index (χ0n) is 22.9. The van der Waals surface area contributed by atoms with Gasteiger partial charge < -0.3 is 8.83 Å². The molecule has 0 N–H and O–H groups in total. The fourth-order valence-corrected chi connectivity index (χ4v) is 8.13. The number of furan rings is 2. The summed E-state index contributed by atoms with van der Waals surface area (Å²) in [6.07, 6.45) is 1.72. The molecule has 3 heteroatoms. The van der Waals surface area contributed by atoms with Gasteiger partial charge in [-0.25, -0.2) is 0 Å². The molecule has 2 nitrogen and oxygen atoms in total. The van der Waals surface area contributed by atoms with Crippen molar-refractivity contribution in [1.29, 1.82) is 0 Å². The lowest BCUT2D eigenvalue weighted by atomic mass is 9.85. The Morgan fingerprint density at radius 2 is 1.02 bits per heavy atom. The minimum atomic E-state index is 0.797. The molecule has 10 aromatic rings. The van der Waals surface area contributed by atoms with Gasteiger partial charge in [0.15, 0.2) is 11.2 Å². The smallest absolute Gasteiger partial charge is 0.178 e. The number of thiophene rings is 1. The lowest BCUT2D eigenvalue weighted by Gasteiger charge is -2.18. The van der Waals surface area contributed by atoms with E-state index in [-0.39, 0.29) is 0 Å². The average molecular weight is 567 g/mol. The summed E-state index contributed by atoms with van der Waals surface area (Å²) in [5.41, 5.74) is 7.34. The van der Waals surface area contributed by atoms with Gasteiger partial charge in [-0.05, 0) is 86.3 Å². The summed E-state index contributed by atoms with van der Waals surface area (Å²) in [5.74, 6) is 0. The van der Waals surface area contributed by atoms with Crippen LogP contribution in [0, 0.1) is 0 Å². The molecule has 0 unspecified atom stereocenters. The van der Waals surface area contributed by atoms with Gasteiger partial charge in [0.05, 0.1) is 6.26 Å². The van der Waals surface area contributed by atoms with Crippen molar-refractivity contribution in [3.63, 3.8) is 0 Å². The fourth-order valence-electron chi connectivity index (χ4n) is 7.05. The number of hydrogen-bond acceptors (Lipinski definition) is 3. The molecule has 0 spiro atoms. The first-order valence-electron chi connectivity index (χ1n) is 14.5. The van der Waals surface area contributed by atoms with E-state index in [4.69, 9.17) is 8.83 Å². The van der Waals surface area contributed by atoms with Crippen molar-refractivity contribution < 1.29 is 8.83 Å². The van der Waals surface area contributed by atoms with Crippen molar-refractivity contribution in [2.75, 3.05) is 0 Å². The standard InChI is InChI=1S/C40H22O2S/c1-3-10-30-28(8-1)37(24-15-18-36-33(21-24)27-7-5-6-12-35(27)43-36)29-9-2-4-11-31(29)38(30)25-14-16-26-32-17-13-23-19-20-41-39(23)40(32)42-34(26)22-25/h1-22H. The maximum atomic E-state index is 6.48. The van der Waals surface area contributed by atoms with E-state index in [0.29, 0.717) is 0 Å². The highest BCUT2D eigenvalue weighted by Gasteiger charge is 2.19. The minimum absolute atomic E-state index is 0.797. The van der Waals surface area contributed by atoms with Gasteiger partial charge in [0.2, 0.25) is 0 Å². The number of fused-ring (bicyclic) bond motifs is 10. The maximum Gasteiger partial charge on any atom is 0.178 e. The van der Waals surface area contributed by atoms with Crippen LogP contribution in [0.5, 0.6) is 0 Å². The van der Waals surface area contributed by atoms with E-state index in [2.05, 4.69) is 121 Å². The van der Waals surface area contributed by atoms with E-state index >= 15 is 0 Å². The maximum absolute atomic E-state index is 6.48. The second-order valence-corrected chi connectivity index (χ2v) is 12.3. The second-order valence-electron chi connectivity index (χ2n) is 11.2. The van der Waals surface area contributed by atoms with Gasteiger partial charge in [-0.15, -0.1) is 11.3 Å². The monoisotopic (exact) mass is 566 g/mol. The van der Waals surface area contributed by atoms with Crippen LogP contribution in [0.25, 0.3) is 96.9 Å². The van der Waals surface area contributed by atoms with E-state index in [1.165, 1.54) is 58.4 Å². The molecule has 0 saturated carbocycles. The van der Waals surface area contributed by atoms with E-state index in [1.54, 1.807) is 6.26 Å². The van der Waals surface area contributed by atoms with Crippen molar-refractivity contribution in [3.05, 3.63) is 134 Å². The van der Waals surface area contributed by atoms with Gasteiger partial charge in [0, 0.05) is 36.3 Å². The third-order valence-electron chi connectivity index (χ3n) is 8.95. The zero-order valence-corrected chi connectivity index (χ0v) is 23.7. The van der Waals surface area contributed by atoms with Crippen LogP contribution in [0.2, 0.25) is 0 Å². The number of hydrogen-bond donors (Lipinski definition) is 0. The largest absolute Gasteiger partial charge is 0.460 e. The lowest BCUT2D eigenvalue weighted by Crippen LogP contribution is -1.90. The summed E-state index contributed by atoms with van der Waals surface area (Å²) in [5, 5.41) is 10.8. The zero-order chi connectivity index (χ0) is 28.1. The SMILES string of the molecule is c1ccc2c(c1)sc1ccc(-c3c4ccccc4c(-c4ccc5c(c4)oc4c5ccc5ccoc54)c4ccccc34)cc12. The highest BCUT2D eigenvalue weighted by molar-refractivity contribution is 7.25. The molecule has 0 atom stereocenters. The van der Waals surface area contributed by atoms with Crippen molar-refractivity contribution in [2.24, 2.45) is 0 Å². The first kappa shape index (κ1) is 23.2. The first-order chi connectivity index (χ1) is 21.3. The molecule has 200 valence electrons. The normalized spacial score (nSPS) is 12.2. The lowest BCUT2D eigenvalue weighted by molar-refractivity contribution is 0.600. The summed E-state index contributed by atoms with van der Waals surface area (Å²) in [7, 11) is 0. The molecular weight excluding hydrogens is 545 g/mol. The van der Waals surface area contributed by atoms with Gasteiger partial charge in [0.25, 0.3) is 0 Å². The van der Waals surface area contributed by atoms with Crippen molar-refractivity contribution >= 4 is 86.0 Å². The molecule has 3 aromatic heterocycles. The van der Waals surface area contributed by atoms with Gasteiger partial charge in [-0.2, -0.15) is 0 Å². The van der Waals surface area contributed by atoms with Gasteiger partial charge in [-0.3, -0.25) is 0 Å². The molecule has 0 bridgehead atoms. The first-order valence-corrected chi connectivity index (χ1v) is 15.3. The van der Waals surface area contributed by atoms with Gasteiger partial charge in [-0.1, -0.05) is 84.9 Å². The molecule has 0 aliphatic rings. The van der Waals surface area contributed by atoms with Crippen LogP contribution in [0.15, 0.2) is 142 Å². The molecule has 43 heavy (non-hydrogen) atoms. The Morgan fingerprint density at radius 3 is 1.77 bits per heavy atom. The summed E-state index contributed by atoms with van der Waals surface area (Å²) in [6, 6.07) is 46.2. The molecule has 7 aromatic carbocycles. The highest BCUT2D eigenvalue weighted by Crippen LogP contribution is 2.46. The number of benzene rings is 7. The van der Waals surface area contributed by atoms with E-state index in [9.17, 15) is 0 Å². The summed E-state index contributed by atoms with van der Waals surface area (Å²) < 4.78 is 14.9. The Balaban J connectivity index is 1.27. The van der Waals surface area contributed by atoms with E-state index < -0.39 is 0 Å². The molecular formula is C40H22O2S. The van der Waals surface area contributed by atoms with Crippen LogP contribution >= 0.6 is 11.3 Å². The predicted octanol–water partition coefficient (Wildman–Crippen LogP) is 12.3. The Labute approximate surface area is 250 Å². The molecule has 0 amide bonds.